The Kier molecular flexibility index (Phi) is 7.42. The lowest BCUT2D eigenvalue weighted by molar-refractivity contribution is 0.668. The average molecular weight is 718 g/mol. The fourth-order valence-electron chi connectivity index (χ4n) is 7.87. The molecule has 0 atom stereocenters. The summed E-state index contributed by atoms with van der Waals surface area (Å²) in [5, 5.41) is 4.39. The van der Waals surface area contributed by atoms with Crippen LogP contribution in [0.2, 0.25) is 0 Å². The van der Waals surface area contributed by atoms with E-state index in [0.717, 1.165) is 105 Å². The van der Waals surface area contributed by atoms with Gasteiger partial charge in [-0.2, -0.15) is 0 Å². The van der Waals surface area contributed by atoms with Gasteiger partial charge in [0.15, 0.2) is 5.82 Å². The van der Waals surface area contributed by atoms with E-state index < -0.39 is 0 Å². The molecule has 0 amide bonds. The Morgan fingerprint density at radius 1 is 0.339 bits per heavy atom. The van der Waals surface area contributed by atoms with Crippen molar-refractivity contribution in [1.29, 1.82) is 0 Å². The third-order valence-electron chi connectivity index (χ3n) is 10.6. The van der Waals surface area contributed by atoms with Crippen LogP contribution < -0.4 is 0 Å². The predicted molar refractivity (Wildman–Crippen MR) is 227 cm³/mol. The minimum Gasteiger partial charge on any atom is -0.456 e. The summed E-state index contributed by atoms with van der Waals surface area (Å²) >= 11 is 0. The van der Waals surface area contributed by atoms with Crippen molar-refractivity contribution < 1.29 is 8.83 Å². The lowest BCUT2D eigenvalue weighted by atomic mass is 9.93. The lowest BCUT2D eigenvalue weighted by Gasteiger charge is -2.12. The highest BCUT2D eigenvalue weighted by Gasteiger charge is 2.19. The number of aromatic nitrogens is 3. The van der Waals surface area contributed by atoms with Gasteiger partial charge in [-0.25, -0.2) is 9.97 Å². The number of rotatable bonds is 6. The van der Waals surface area contributed by atoms with Gasteiger partial charge in [-0.15, -0.1) is 0 Å². The Bertz CT molecular complexity index is 3240. The van der Waals surface area contributed by atoms with Gasteiger partial charge in [-0.1, -0.05) is 121 Å². The summed E-state index contributed by atoms with van der Waals surface area (Å²) in [4.78, 5) is 14.4. The molecular formula is C51H31N3O2. The summed E-state index contributed by atoms with van der Waals surface area (Å²) in [7, 11) is 0. The Morgan fingerprint density at radius 3 is 1.79 bits per heavy atom. The maximum Gasteiger partial charge on any atom is 0.160 e. The largest absolute Gasteiger partial charge is 0.456 e. The number of hydrogen-bond acceptors (Lipinski definition) is 5. The molecule has 0 N–H and O–H groups in total. The molecule has 262 valence electrons. The Hall–Kier alpha value is -7.63. The summed E-state index contributed by atoms with van der Waals surface area (Å²) in [5.74, 6) is 0.678. The molecule has 0 aliphatic carbocycles. The highest BCUT2D eigenvalue weighted by molar-refractivity contribution is 6.17. The van der Waals surface area contributed by atoms with Crippen LogP contribution in [0, 0.1) is 0 Å². The first-order chi connectivity index (χ1) is 27.7. The van der Waals surface area contributed by atoms with Crippen LogP contribution >= 0.6 is 0 Å². The molecule has 0 saturated carbocycles. The number of para-hydroxylation sites is 2. The van der Waals surface area contributed by atoms with Gasteiger partial charge in [0.2, 0.25) is 0 Å². The van der Waals surface area contributed by atoms with E-state index in [-0.39, 0.29) is 0 Å². The molecule has 5 heteroatoms. The summed E-state index contributed by atoms with van der Waals surface area (Å²) in [6, 6.07) is 60.7. The molecule has 0 bridgehead atoms. The van der Waals surface area contributed by atoms with E-state index in [1.165, 1.54) is 0 Å². The van der Waals surface area contributed by atoms with Crippen molar-refractivity contribution in [1.82, 2.24) is 15.0 Å². The van der Waals surface area contributed by atoms with Crippen LogP contribution in [0.3, 0.4) is 0 Å². The predicted octanol–water partition coefficient (Wildman–Crippen LogP) is 13.7. The highest BCUT2D eigenvalue weighted by atomic mass is 16.3. The van der Waals surface area contributed by atoms with Gasteiger partial charge in [-0.3, -0.25) is 4.98 Å². The highest BCUT2D eigenvalue weighted by Crippen LogP contribution is 2.43. The van der Waals surface area contributed by atoms with Crippen molar-refractivity contribution in [2.75, 3.05) is 0 Å². The number of hydrogen-bond donors (Lipinski definition) is 0. The van der Waals surface area contributed by atoms with Gasteiger partial charge in [0.05, 0.1) is 11.4 Å². The van der Waals surface area contributed by atoms with Crippen molar-refractivity contribution in [3.8, 4) is 67.3 Å². The second-order valence-corrected chi connectivity index (χ2v) is 14.0. The molecule has 0 unspecified atom stereocenters. The van der Waals surface area contributed by atoms with Crippen LogP contribution in [0.1, 0.15) is 0 Å². The quantitative estimate of drug-likeness (QED) is 0.171. The van der Waals surface area contributed by atoms with Crippen LogP contribution in [0.5, 0.6) is 0 Å². The molecule has 4 aromatic heterocycles. The molecule has 7 aromatic carbocycles. The van der Waals surface area contributed by atoms with E-state index in [0.29, 0.717) is 5.82 Å². The maximum atomic E-state index is 6.67. The first-order valence-corrected chi connectivity index (χ1v) is 18.7. The normalized spacial score (nSPS) is 11.6. The summed E-state index contributed by atoms with van der Waals surface area (Å²) in [6.07, 6.45) is 3.64. The molecule has 11 aromatic rings. The second-order valence-electron chi connectivity index (χ2n) is 14.0. The number of furan rings is 2. The lowest BCUT2D eigenvalue weighted by Crippen LogP contribution is -1.96. The first kappa shape index (κ1) is 31.9. The Morgan fingerprint density at radius 2 is 0.964 bits per heavy atom. The minimum atomic E-state index is 0.678. The van der Waals surface area contributed by atoms with Gasteiger partial charge >= 0.3 is 0 Å². The zero-order chi connectivity index (χ0) is 37.0. The van der Waals surface area contributed by atoms with E-state index in [2.05, 4.69) is 126 Å². The summed E-state index contributed by atoms with van der Waals surface area (Å²) < 4.78 is 13.0. The number of pyridine rings is 1. The van der Waals surface area contributed by atoms with E-state index in [9.17, 15) is 0 Å². The smallest absolute Gasteiger partial charge is 0.160 e. The summed E-state index contributed by atoms with van der Waals surface area (Å²) in [6.45, 7) is 0. The number of fused-ring (bicyclic) bond motifs is 6. The van der Waals surface area contributed by atoms with Crippen molar-refractivity contribution in [2.45, 2.75) is 0 Å². The monoisotopic (exact) mass is 717 g/mol. The third-order valence-corrected chi connectivity index (χ3v) is 10.6. The zero-order valence-corrected chi connectivity index (χ0v) is 30.1. The molecule has 0 fully saturated rings. The molecule has 4 heterocycles. The minimum absolute atomic E-state index is 0.678. The van der Waals surface area contributed by atoms with Gasteiger partial charge in [0, 0.05) is 56.2 Å². The molecule has 0 spiro atoms. The van der Waals surface area contributed by atoms with E-state index >= 15 is 0 Å². The number of nitrogens with zero attached hydrogens (tertiary/aromatic N) is 3. The molecule has 0 aliphatic rings. The molecule has 0 saturated heterocycles. The van der Waals surface area contributed by atoms with Gasteiger partial charge < -0.3 is 8.83 Å². The molecule has 11 rings (SSSR count). The third kappa shape index (κ3) is 5.45. The van der Waals surface area contributed by atoms with Crippen molar-refractivity contribution in [3.05, 3.63) is 188 Å². The van der Waals surface area contributed by atoms with Crippen LogP contribution in [-0.4, -0.2) is 15.0 Å². The van der Waals surface area contributed by atoms with Crippen LogP contribution in [0.25, 0.3) is 111 Å². The van der Waals surface area contributed by atoms with Crippen molar-refractivity contribution in [2.24, 2.45) is 0 Å². The Balaban J connectivity index is 1.01. The van der Waals surface area contributed by atoms with E-state index in [4.69, 9.17) is 18.8 Å². The van der Waals surface area contributed by atoms with Crippen molar-refractivity contribution >= 4 is 43.9 Å². The van der Waals surface area contributed by atoms with E-state index in [1.54, 1.807) is 0 Å². The zero-order valence-electron chi connectivity index (χ0n) is 30.1. The standard InChI is InChI=1S/C51H31N3O2/c1-2-9-35(10-3-1)51-53-44(31-45(54-51)38-12-8-11-36(29-38)32-25-27-52-28-26-32)34-19-17-33(18-20-34)40-24-23-39(49-43-14-5-7-16-47(43)56-50(40)49)37-21-22-42-41-13-4-6-15-46(41)55-48(42)30-37/h1-31H. The van der Waals surface area contributed by atoms with Gasteiger partial charge in [0.1, 0.15) is 22.3 Å². The van der Waals surface area contributed by atoms with E-state index in [1.807, 2.05) is 67.0 Å². The average Bonchev–Trinajstić information content (AvgIpc) is 3.85. The molecule has 5 nitrogen and oxygen atoms in total. The molecule has 0 radical (unpaired) electrons. The van der Waals surface area contributed by atoms with Gasteiger partial charge in [-0.05, 0) is 82.4 Å². The fourth-order valence-corrected chi connectivity index (χ4v) is 7.87. The SMILES string of the molecule is c1ccc(-c2nc(-c3ccc(-c4ccc(-c5ccc6c(c5)oc5ccccc56)c5c4oc4ccccc45)cc3)cc(-c3cccc(-c4ccncc4)c3)n2)cc1. The number of benzene rings is 7. The Labute approximate surface area is 322 Å². The first-order valence-electron chi connectivity index (χ1n) is 18.7. The summed E-state index contributed by atoms with van der Waals surface area (Å²) in [5.41, 5.74) is 14.6. The molecule has 56 heavy (non-hydrogen) atoms. The van der Waals surface area contributed by atoms with Crippen LogP contribution in [-0.2, 0) is 0 Å². The molecular weight excluding hydrogens is 687 g/mol. The maximum absolute atomic E-state index is 6.67. The van der Waals surface area contributed by atoms with Crippen LogP contribution in [0.15, 0.2) is 197 Å². The molecule has 0 aliphatic heterocycles. The van der Waals surface area contributed by atoms with Crippen molar-refractivity contribution in [3.63, 3.8) is 0 Å². The topological polar surface area (TPSA) is 65.0 Å². The fraction of sp³-hybridized carbons (Fsp3) is 0. The van der Waals surface area contributed by atoms with Gasteiger partial charge in [0.25, 0.3) is 0 Å². The second kappa shape index (κ2) is 13.0. The van der Waals surface area contributed by atoms with Crippen LogP contribution in [0.4, 0.5) is 0 Å².